The molecule has 2 heterocycles. The highest BCUT2D eigenvalue weighted by Crippen LogP contribution is 2.40. The number of nitrogens with zero attached hydrogens (tertiary/aromatic N) is 3. The van der Waals surface area contributed by atoms with Crippen LogP contribution >= 0.6 is 11.8 Å². The molecule has 0 bridgehead atoms. The third-order valence-corrected chi connectivity index (χ3v) is 4.79. The van der Waals surface area contributed by atoms with Crippen molar-refractivity contribution < 1.29 is 0 Å². The van der Waals surface area contributed by atoms with Gasteiger partial charge in [0.15, 0.2) is 0 Å². The van der Waals surface area contributed by atoms with Gasteiger partial charge in [-0.1, -0.05) is 6.92 Å². The van der Waals surface area contributed by atoms with E-state index in [1.54, 1.807) is 0 Å². The minimum atomic E-state index is 0.559. The van der Waals surface area contributed by atoms with Crippen molar-refractivity contribution >= 4 is 23.4 Å². The van der Waals surface area contributed by atoms with Gasteiger partial charge in [-0.2, -0.15) is 11.8 Å². The lowest BCUT2D eigenvalue weighted by atomic mass is 10.2. The minimum absolute atomic E-state index is 0.559. The summed E-state index contributed by atoms with van der Waals surface area (Å²) >= 11 is 2.03. The first-order chi connectivity index (χ1) is 8.65. The Labute approximate surface area is 112 Å². The predicted molar refractivity (Wildman–Crippen MR) is 77.3 cm³/mol. The van der Waals surface area contributed by atoms with Crippen molar-refractivity contribution in [1.82, 2.24) is 9.97 Å². The maximum Gasteiger partial charge on any atom is 0.137 e. The fourth-order valence-electron chi connectivity index (χ4n) is 2.38. The second-order valence-corrected chi connectivity index (χ2v) is 6.86. The maximum atomic E-state index is 6.05. The topological polar surface area (TPSA) is 55.0 Å². The predicted octanol–water partition coefficient (Wildman–Crippen LogP) is 2.19. The number of nitrogen functional groups attached to an aromatic ring is 1. The van der Waals surface area contributed by atoms with Crippen LogP contribution in [0, 0.1) is 6.92 Å². The van der Waals surface area contributed by atoms with E-state index in [0.717, 1.165) is 30.3 Å². The van der Waals surface area contributed by atoms with Gasteiger partial charge in [0, 0.05) is 35.6 Å². The molecule has 1 saturated carbocycles. The number of hydrogen-bond donors (Lipinski definition) is 1. The van der Waals surface area contributed by atoms with Gasteiger partial charge in [-0.25, -0.2) is 9.97 Å². The number of rotatable bonds is 2. The highest BCUT2D eigenvalue weighted by Gasteiger charge is 2.29. The zero-order valence-corrected chi connectivity index (χ0v) is 11.8. The summed E-state index contributed by atoms with van der Waals surface area (Å²) in [5.41, 5.74) is 7.09. The molecule has 2 fully saturated rings. The molecule has 1 aliphatic carbocycles. The van der Waals surface area contributed by atoms with Crippen molar-refractivity contribution in [1.29, 1.82) is 0 Å². The molecule has 3 rings (SSSR count). The van der Waals surface area contributed by atoms with Crippen molar-refractivity contribution in [3.63, 3.8) is 0 Å². The summed E-state index contributed by atoms with van der Waals surface area (Å²) in [7, 11) is 0. The lowest BCUT2D eigenvalue weighted by molar-refractivity contribution is 0.756. The van der Waals surface area contributed by atoms with Crippen molar-refractivity contribution in [2.75, 3.05) is 29.5 Å². The Bertz CT molecular complexity index is 459. The fraction of sp³-hybridized carbons (Fsp3) is 0.692. The van der Waals surface area contributed by atoms with Gasteiger partial charge in [0.2, 0.25) is 0 Å². The maximum absolute atomic E-state index is 6.05. The molecule has 1 aromatic heterocycles. The molecule has 98 valence electrons. The van der Waals surface area contributed by atoms with Crippen LogP contribution in [0.25, 0.3) is 0 Å². The van der Waals surface area contributed by atoms with Gasteiger partial charge in [0.1, 0.15) is 17.5 Å². The molecule has 18 heavy (non-hydrogen) atoms. The van der Waals surface area contributed by atoms with Crippen LogP contribution in [0.3, 0.4) is 0 Å². The molecule has 2 aliphatic rings. The molecule has 0 amide bonds. The summed E-state index contributed by atoms with van der Waals surface area (Å²) in [6, 6.07) is 0. The molecule has 2 N–H and O–H groups in total. The molecular formula is C13H20N4S. The molecule has 0 spiro atoms. The van der Waals surface area contributed by atoms with E-state index < -0.39 is 0 Å². The number of thioether (sulfide) groups is 1. The number of hydrogen-bond acceptors (Lipinski definition) is 5. The average molecular weight is 264 g/mol. The van der Waals surface area contributed by atoms with Gasteiger partial charge in [-0.15, -0.1) is 0 Å². The summed E-state index contributed by atoms with van der Waals surface area (Å²) in [5.74, 6) is 4.41. The summed E-state index contributed by atoms with van der Waals surface area (Å²) in [6.45, 7) is 6.44. The van der Waals surface area contributed by atoms with Crippen LogP contribution < -0.4 is 10.6 Å². The monoisotopic (exact) mass is 264 g/mol. The second-order valence-electron chi connectivity index (χ2n) is 5.32. The lowest BCUT2D eigenvalue weighted by Crippen LogP contribution is -2.38. The van der Waals surface area contributed by atoms with Gasteiger partial charge < -0.3 is 10.6 Å². The molecule has 1 aromatic rings. The van der Waals surface area contributed by atoms with Crippen LogP contribution in [0.15, 0.2) is 0 Å². The Morgan fingerprint density at radius 3 is 2.78 bits per heavy atom. The lowest BCUT2D eigenvalue weighted by Gasteiger charge is -2.32. The first-order valence-electron chi connectivity index (χ1n) is 6.65. The van der Waals surface area contributed by atoms with Gasteiger partial charge in [-0.3, -0.25) is 0 Å². The Balaban J connectivity index is 1.93. The quantitative estimate of drug-likeness (QED) is 0.887. The van der Waals surface area contributed by atoms with Crippen molar-refractivity contribution in [3.05, 3.63) is 11.4 Å². The highest BCUT2D eigenvalue weighted by atomic mass is 32.2. The number of aromatic nitrogens is 2. The Morgan fingerprint density at radius 2 is 2.11 bits per heavy atom. The van der Waals surface area contributed by atoms with Crippen LogP contribution in [0.2, 0.25) is 0 Å². The van der Waals surface area contributed by atoms with Crippen molar-refractivity contribution in [3.8, 4) is 0 Å². The third kappa shape index (κ3) is 2.28. The largest absolute Gasteiger partial charge is 0.383 e. The Morgan fingerprint density at radius 1 is 1.33 bits per heavy atom. The number of nitrogens with two attached hydrogens (primary N) is 1. The Hall–Kier alpha value is -0.970. The molecule has 1 atom stereocenters. The van der Waals surface area contributed by atoms with E-state index >= 15 is 0 Å². The van der Waals surface area contributed by atoms with Crippen LogP contribution in [0.4, 0.5) is 11.6 Å². The van der Waals surface area contributed by atoms with E-state index in [4.69, 9.17) is 10.7 Å². The van der Waals surface area contributed by atoms with Crippen LogP contribution in [0.1, 0.15) is 37.1 Å². The number of anilines is 2. The molecule has 0 aromatic carbocycles. The molecule has 5 heteroatoms. The third-order valence-electron chi connectivity index (χ3n) is 3.66. The second kappa shape index (κ2) is 4.61. The van der Waals surface area contributed by atoms with Crippen molar-refractivity contribution in [2.45, 2.75) is 37.9 Å². The first kappa shape index (κ1) is 12.1. The highest BCUT2D eigenvalue weighted by molar-refractivity contribution is 8.00. The van der Waals surface area contributed by atoms with E-state index in [-0.39, 0.29) is 0 Å². The molecule has 1 aliphatic heterocycles. The van der Waals surface area contributed by atoms with E-state index in [9.17, 15) is 0 Å². The van der Waals surface area contributed by atoms with E-state index in [1.807, 2.05) is 18.7 Å². The average Bonchev–Trinajstić information content (AvgIpc) is 3.16. The molecule has 1 saturated heterocycles. The standard InChI is InChI=1S/C13H20N4S/c1-8-7-17(5-6-18-8)13-9(2)11(14)15-12(16-13)10-3-4-10/h8,10H,3-7H2,1-2H3,(H2,14,15,16). The first-order valence-corrected chi connectivity index (χ1v) is 7.70. The Kier molecular flexibility index (Phi) is 3.09. The molecule has 0 radical (unpaired) electrons. The van der Waals surface area contributed by atoms with Gasteiger partial charge in [0.25, 0.3) is 0 Å². The van der Waals surface area contributed by atoms with Crippen molar-refractivity contribution in [2.24, 2.45) is 0 Å². The van der Waals surface area contributed by atoms with Crippen LogP contribution in [-0.2, 0) is 0 Å². The summed E-state index contributed by atoms with van der Waals surface area (Å²) in [4.78, 5) is 11.6. The minimum Gasteiger partial charge on any atom is -0.383 e. The van der Waals surface area contributed by atoms with Gasteiger partial charge in [-0.05, 0) is 19.8 Å². The normalized spacial score (nSPS) is 24.3. The van der Waals surface area contributed by atoms with Crippen LogP contribution in [-0.4, -0.2) is 34.1 Å². The van der Waals surface area contributed by atoms with E-state index in [1.165, 1.54) is 18.6 Å². The van der Waals surface area contributed by atoms with Gasteiger partial charge in [0.05, 0.1) is 0 Å². The van der Waals surface area contributed by atoms with E-state index in [2.05, 4.69) is 16.8 Å². The SMILES string of the molecule is Cc1c(N)nc(C2CC2)nc1N1CCSC(C)C1. The summed E-state index contributed by atoms with van der Waals surface area (Å²) in [6.07, 6.45) is 2.43. The van der Waals surface area contributed by atoms with Gasteiger partial charge >= 0.3 is 0 Å². The molecule has 4 nitrogen and oxygen atoms in total. The zero-order valence-electron chi connectivity index (χ0n) is 11.0. The smallest absolute Gasteiger partial charge is 0.137 e. The summed E-state index contributed by atoms with van der Waals surface area (Å²) in [5, 5.41) is 0.665. The summed E-state index contributed by atoms with van der Waals surface area (Å²) < 4.78 is 0. The van der Waals surface area contributed by atoms with Crippen LogP contribution in [0.5, 0.6) is 0 Å². The fourth-order valence-corrected chi connectivity index (χ4v) is 3.40. The molecular weight excluding hydrogens is 244 g/mol. The zero-order chi connectivity index (χ0) is 12.7. The molecule has 1 unspecified atom stereocenters. The van der Waals surface area contributed by atoms with E-state index in [0.29, 0.717) is 17.0 Å².